The van der Waals surface area contributed by atoms with Crippen LogP contribution in [0.4, 0.5) is 5.69 Å². The van der Waals surface area contributed by atoms with Crippen LogP contribution in [0, 0.1) is 0 Å². The maximum absolute atomic E-state index is 12.5. The Kier molecular flexibility index (Phi) is 5.61. The molecular weight excluding hydrogens is 362 g/mol. The van der Waals surface area contributed by atoms with Gasteiger partial charge in [-0.15, -0.1) is 0 Å². The van der Waals surface area contributed by atoms with E-state index in [9.17, 15) is 14.7 Å². The second-order valence-corrected chi connectivity index (χ2v) is 6.92. The van der Waals surface area contributed by atoms with Crippen molar-refractivity contribution in [2.45, 2.75) is 12.1 Å². The predicted octanol–water partition coefficient (Wildman–Crippen LogP) is 3.73. The van der Waals surface area contributed by atoms with Gasteiger partial charge in [0.25, 0.3) is 0 Å². The molecule has 0 radical (unpaired) electrons. The first-order valence-electron chi connectivity index (χ1n) is 8.29. The number of nitrogens with one attached hydrogen (secondary N) is 1. The van der Waals surface area contributed by atoms with Gasteiger partial charge in [0.05, 0.1) is 23.3 Å². The first-order chi connectivity index (χ1) is 13.0. The van der Waals surface area contributed by atoms with E-state index in [1.807, 2.05) is 41.9 Å². The number of carbonyl (C=O) groups excluding carboxylic acids is 2. The Morgan fingerprint density at radius 2 is 1.93 bits per heavy atom. The lowest BCUT2D eigenvalue weighted by molar-refractivity contribution is -0.114. The van der Waals surface area contributed by atoms with Crippen molar-refractivity contribution in [2.24, 2.45) is 7.05 Å². The average Bonchev–Trinajstić information content (AvgIpc) is 3.02. The van der Waals surface area contributed by atoms with Gasteiger partial charge >= 0.3 is 0 Å². The van der Waals surface area contributed by atoms with Crippen molar-refractivity contribution in [1.82, 2.24) is 9.55 Å². The maximum atomic E-state index is 12.5. The topological polar surface area (TPSA) is 84.2 Å². The van der Waals surface area contributed by atoms with E-state index < -0.39 is 0 Å². The molecule has 7 heteroatoms. The van der Waals surface area contributed by atoms with Crippen molar-refractivity contribution in [1.29, 1.82) is 0 Å². The van der Waals surface area contributed by atoms with E-state index in [1.54, 1.807) is 6.20 Å². The Hall–Kier alpha value is -3.06. The molecule has 0 atom stereocenters. The van der Waals surface area contributed by atoms with E-state index in [2.05, 4.69) is 10.3 Å². The van der Waals surface area contributed by atoms with E-state index in [0.717, 1.165) is 16.4 Å². The number of phenolic OH excluding ortho intramolecular Hbond substituents is 1. The van der Waals surface area contributed by atoms with Crippen LogP contribution in [-0.2, 0) is 11.8 Å². The number of Topliss-reactive ketones (excluding diaryl/α,β-unsaturated/α-hetero) is 1. The molecule has 2 aromatic carbocycles. The molecule has 1 heterocycles. The fourth-order valence-electron chi connectivity index (χ4n) is 2.62. The van der Waals surface area contributed by atoms with Gasteiger partial charge in [0.1, 0.15) is 5.75 Å². The smallest absolute Gasteiger partial charge is 0.221 e. The second kappa shape index (κ2) is 8.09. The third-order valence-corrected chi connectivity index (χ3v) is 5.02. The number of benzene rings is 2. The number of carbonyl (C=O) groups is 2. The van der Waals surface area contributed by atoms with Gasteiger partial charge in [0.15, 0.2) is 10.9 Å². The zero-order chi connectivity index (χ0) is 19.4. The number of ketones is 1. The molecule has 0 aliphatic rings. The summed E-state index contributed by atoms with van der Waals surface area (Å²) in [6.45, 7) is 1.34. The number of rotatable bonds is 6. The Balaban J connectivity index is 1.71. The number of nitrogens with zero attached hydrogens (tertiary/aromatic N) is 2. The zero-order valence-corrected chi connectivity index (χ0v) is 15.8. The van der Waals surface area contributed by atoms with Gasteiger partial charge in [-0.2, -0.15) is 0 Å². The predicted molar refractivity (Wildman–Crippen MR) is 106 cm³/mol. The van der Waals surface area contributed by atoms with Crippen LogP contribution in [0.25, 0.3) is 11.3 Å². The van der Waals surface area contributed by atoms with Gasteiger partial charge in [-0.3, -0.25) is 9.59 Å². The summed E-state index contributed by atoms with van der Waals surface area (Å²) in [5.41, 5.74) is 2.68. The van der Waals surface area contributed by atoms with E-state index in [4.69, 9.17) is 0 Å². The highest BCUT2D eigenvalue weighted by Gasteiger charge is 2.14. The van der Waals surface area contributed by atoms with Crippen LogP contribution in [0.1, 0.15) is 17.3 Å². The van der Waals surface area contributed by atoms with E-state index >= 15 is 0 Å². The number of amides is 1. The Morgan fingerprint density at radius 3 is 2.63 bits per heavy atom. The zero-order valence-electron chi connectivity index (χ0n) is 15.0. The number of anilines is 1. The molecule has 0 unspecified atom stereocenters. The van der Waals surface area contributed by atoms with Crippen LogP contribution in [0.2, 0.25) is 0 Å². The Bertz CT molecular complexity index is 983. The first kappa shape index (κ1) is 18.7. The van der Waals surface area contributed by atoms with Crippen LogP contribution in [0.3, 0.4) is 0 Å². The molecular formula is C20H19N3O3S. The van der Waals surface area contributed by atoms with Crippen molar-refractivity contribution in [3.63, 3.8) is 0 Å². The summed E-state index contributed by atoms with van der Waals surface area (Å²) < 4.78 is 1.95. The number of phenols is 1. The fourth-order valence-corrected chi connectivity index (χ4v) is 3.46. The molecule has 0 aliphatic heterocycles. The normalized spacial score (nSPS) is 10.6. The third-order valence-electron chi connectivity index (χ3n) is 3.98. The van der Waals surface area contributed by atoms with Crippen molar-refractivity contribution in [3.8, 4) is 17.0 Å². The van der Waals surface area contributed by atoms with Gasteiger partial charge in [-0.05, 0) is 23.8 Å². The van der Waals surface area contributed by atoms with Crippen LogP contribution < -0.4 is 5.32 Å². The van der Waals surface area contributed by atoms with Gasteiger partial charge in [-0.1, -0.05) is 42.1 Å². The van der Waals surface area contributed by atoms with Crippen LogP contribution in [0.15, 0.2) is 59.9 Å². The molecule has 3 aromatic rings. The number of hydrogen-bond donors (Lipinski definition) is 2. The minimum atomic E-state index is -0.314. The summed E-state index contributed by atoms with van der Waals surface area (Å²) in [7, 11) is 1.91. The molecule has 3 rings (SSSR count). The summed E-state index contributed by atoms with van der Waals surface area (Å²) >= 11 is 1.34. The molecule has 0 fully saturated rings. The average molecular weight is 381 g/mol. The number of aromatic hydroxyl groups is 1. The van der Waals surface area contributed by atoms with E-state index in [-0.39, 0.29) is 28.9 Å². The highest BCUT2D eigenvalue weighted by Crippen LogP contribution is 2.27. The third kappa shape index (κ3) is 4.38. The van der Waals surface area contributed by atoms with Crippen LogP contribution in [0.5, 0.6) is 5.75 Å². The summed E-state index contributed by atoms with van der Waals surface area (Å²) in [6.07, 6.45) is 1.79. The molecule has 0 saturated heterocycles. The summed E-state index contributed by atoms with van der Waals surface area (Å²) in [5.74, 6) is -0.309. The first-order valence-corrected chi connectivity index (χ1v) is 9.28. The standard InChI is InChI=1S/C20H19N3O3S/c1-13(24)22-16-10-15(8-9-18(16)25)19(26)12-27-20-21-11-17(23(20)2)14-6-4-3-5-7-14/h3-11,25H,12H2,1-2H3,(H,22,24). The summed E-state index contributed by atoms with van der Waals surface area (Å²) in [6, 6.07) is 14.3. The highest BCUT2D eigenvalue weighted by molar-refractivity contribution is 7.99. The lowest BCUT2D eigenvalue weighted by atomic mass is 10.1. The molecule has 6 nitrogen and oxygen atoms in total. The van der Waals surface area contributed by atoms with Crippen LogP contribution in [-0.4, -0.2) is 32.1 Å². The summed E-state index contributed by atoms with van der Waals surface area (Å²) in [5, 5.41) is 13.0. The molecule has 138 valence electrons. The van der Waals surface area contributed by atoms with Gasteiger partial charge in [-0.25, -0.2) is 4.98 Å². The fraction of sp³-hybridized carbons (Fsp3) is 0.150. The lowest BCUT2D eigenvalue weighted by Gasteiger charge is -2.08. The Morgan fingerprint density at radius 1 is 1.19 bits per heavy atom. The SMILES string of the molecule is CC(=O)Nc1cc(C(=O)CSc2ncc(-c3ccccc3)n2C)ccc1O. The Labute approximate surface area is 161 Å². The van der Waals surface area contributed by atoms with Gasteiger partial charge in [0, 0.05) is 19.5 Å². The largest absolute Gasteiger partial charge is 0.506 e. The minimum absolute atomic E-state index is 0.0778. The maximum Gasteiger partial charge on any atom is 0.221 e. The quantitative estimate of drug-likeness (QED) is 0.386. The van der Waals surface area contributed by atoms with Crippen molar-refractivity contribution < 1.29 is 14.7 Å². The molecule has 27 heavy (non-hydrogen) atoms. The molecule has 0 bridgehead atoms. The molecule has 1 aromatic heterocycles. The van der Waals surface area contributed by atoms with Crippen LogP contribution >= 0.6 is 11.8 Å². The molecule has 1 amide bonds. The van der Waals surface area contributed by atoms with Crippen molar-refractivity contribution in [3.05, 3.63) is 60.3 Å². The minimum Gasteiger partial charge on any atom is -0.506 e. The van der Waals surface area contributed by atoms with E-state index in [0.29, 0.717) is 5.56 Å². The van der Waals surface area contributed by atoms with Gasteiger partial charge in [0.2, 0.25) is 5.91 Å². The summed E-state index contributed by atoms with van der Waals surface area (Å²) in [4.78, 5) is 28.1. The number of aromatic nitrogens is 2. The lowest BCUT2D eigenvalue weighted by Crippen LogP contribution is -2.08. The van der Waals surface area contributed by atoms with Crippen molar-refractivity contribution in [2.75, 3.05) is 11.1 Å². The van der Waals surface area contributed by atoms with Crippen molar-refractivity contribution >= 4 is 29.1 Å². The molecule has 0 saturated carbocycles. The molecule has 0 spiro atoms. The molecule has 2 N–H and O–H groups in total. The van der Waals surface area contributed by atoms with E-state index in [1.165, 1.54) is 36.9 Å². The number of thioether (sulfide) groups is 1. The second-order valence-electron chi connectivity index (χ2n) is 5.98. The molecule has 0 aliphatic carbocycles. The monoisotopic (exact) mass is 381 g/mol. The van der Waals surface area contributed by atoms with Gasteiger partial charge < -0.3 is 15.0 Å². The highest BCUT2D eigenvalue weighted by atomic mass is 32.2. The number of imidazole rings is 1. The number of hydrogen-bond acceptors (Lipinski definition) is 5.